The van der Waals surface area contributed by atoms with Gasteiger partial charge < -0.3 is 14.0 Å². The van der Waals surface area contributed by atoms with Crippen LogP contribution in [0.25, 0.3) is 11.4 Å². The second kappa shape index (κ2) is 7.53. The van der Waals surface area contributed by atoms with Gasteiger partial charge >= 0.3 is 0 Å². The smallest absolute Gasteiger partial charge is 0.236 e. The molecule has 0 spiro atoms. The highest BCUT2D eigenvalue weighted by Crippen LogP contribution is 2.36. The standard InChI is InChI=1S/C16H16N6O3S2/c1-3-22-14(10-4-5-11-12(6-10)25-8-24-11)19-21-16(22)26-7-13(23)17-15-20-18-9(2)27-15/h4-6H,3,7-8H2,1-2H3,(H,17,20,23). The third-order valence-corrected chi connectivity index (χ3v) is 5.49. The van der Waals surface area contributed by atoms with Crippen molar-refractivity contribution < 1.29 is 14.3 Å². The van der Waals surface area contributed by atoms with Gasteiger partial charge in [-0.05, 0) is 32.0 Å². The van der Waals surface area contributed by atoms with Crippen LogP contribution >= 0.6 is 23.1 Å². The fraction of sp³-hybridized carbons (Fsp3) is 0.312. The Balaban J connectivity index is 1.47. The summed E-state index contributed by atoms with van der Waals surface area (Å²) in [6.07, 6.45) is 0. The summed E-state index contributed by atoms with van der Waals surface area (Å²) < 4.78 is 12.7. The molecule has 3 heterocycles. The predicted molar refractivity (Wildman–Crippen MR) is 101 cm³/mol. The van der Waals surface area contributed by atoms with E-state index < -0.39 is 0 Å². The van der Waals surface area contributed by atoms with Crippen molar-refractivity contribution in [3.63, 3.8) is 0 Å². The first-order valence-electron chi connectivity index (χ1n) is 8.20. The molecule has 11 heteroatoms. The average Bonchev–Trinajstić information content (AvgIpc) is 3.38. The largest absolute Gasteiger partial charge is 0.454 e. The van der Waals surface area contributed by atoms with Gasteiger partial charge in [0.1, 0.15) is 5.01 Å². The van der Waals surface area contributed by atoms with E-state index in [0.717, 1.165) is 22.1 Å². The van der Waals surface area contributed by atoms with Crippen molar-refractivity contribution >= 4 is 34.1 Å². The van der Waals surface area contributed by atoms with E-state index in [-0.39, 0.29) is 18.5 Å². The highest BCUT2D eigenvalue weighted by Gasteiger charge is 2.19. The third-order valence-electron chi connectivity index (χ3n) is 3.77. The van der Waals surface area contributed by atoms with E-state index in [0.29, 0.717) is 22.6 Å². The zero-order chi connectivity index (χ0) is 18.8. The van der Waals surface area contributed by atoms with Gasteiger partial charge in [0, 0.05) is 12.1 Å². The maximum atomic E-state index is 12.1. The van der Waals surface area contributed by atoms with Crippen molar-refractivity contribution in [2.45, 2.75) is 25.5 Å². The minimum atomic E-state index is -0.161. The highest BCUT2D eigenvalue weighted by molar-refractivity contribution is 7.99. The zero-order valence-electron chi connectivity index (χ0n) is 14.6. The molecule has 0 atom stereocenters. The zero-order valence-corrected chi connectivity index (χ0v) is 16.3. The van der Waals surface area contributed by atoms with E-state index >= 15 is 0 Å². The number of hydrogen-bond donors (Lipinski definition) is 1. The van der Waals surface area contributed by atoms with Crippen LogP contribution in [0.1, 0.15) is 11.9 Å². The molecule has 27 heavy (non-hydrogen) atoms. The Hall–Kier alpha value is -2.66. The molecular weight excluding hydrogens is 388 g/mol. The minimum Gasteiger partial charge on any atom is -0.454 e. The summed E-state index contributed by atoms with van der Waals surface area (Å²) in [5.41, 5.74) is 0.884. The van der Waals surface area contributed by atoms with Gasteiger partial charge in [0.15, 0.2) is 22.5 Å². The molecule has 0 aliphatic carbocycles. The summed E-state index contributed by atoms with van der Waals surface area (Å²) in [6, 6.07) is 5.66. The number of carbonyl (C=O) groups excluding carboxylic acids is 1. The van der Waals surface area contributed by atoms with Crippen LogP contribution in [0.2, 0.25) is 0 Å². The molecule has 140 valence electrons. The molecule has 2 aromatic heterocycles. The summed E-state index contributed by atoms with van der Waals surface area (Å²) in [5, 5.41) is 21.0. The molecule has 1 N–H and O–H groups in total. The van der Waals surface area contributed by atoms with Crippen molar-refractivity contribution in [2.75, 3.05) is 17.9 Å². The summed E-state index contributed by atoms with van der Waals surface area (Å²) in [6.45, 7) is 4.75. The van der Waals surface area contributed by atoms with Gasteiger partial charge in [-0.25, -0.2) is 0 Å². The molecule has 9 nitrogen and oxygen atoms in total. The average molecular weight is 404 g/mol. The lowest BCUT2D eigenvalue weighted by Crippen LogP contribution is -2.14. The fourth-order valence-electron chi connectivity index (χ4n) is 2.56. The lowest BCUT2D eigenvalue weighted by molar-refractivity contribution is -0.113. The number of ether oxygens (including phenoxy) is 2. The molecule has 1 aliphatic rings. The monoisotopic (exact) mass is 404 g/mol. The number of aryl methyl sites for hydroxylation is 1. The normalized spacial score (nSPS) is 12.4. The Morgan fingerprint density at radius 3 is 2.89 bits per heavy atom. The van der Waals surface area contributed by atoms with Crippen molar-refractivity contribution in [2.24, 2.45) is 0 Å². The molecule has 4 rings (SSSR count). The van der Waals surface area contributed by atoms with Gasteiger partial charge in [0.2, 0.25) is 17.8 Å². The van der Waals surface area contributed by atoms with Crippen LogP contribution < -0.4 is 14.8 Å². The molecule has 0 radical (unpaired) electrons. The number of aromatic nitrogens is 5. The Kier molecular flexibility index (Phi) is 4.94. The molecule has 0 fully saturated rings. The number of thioether (sulfide) groups is 1. The van der Waals surface area contributed by atoms with Crippen LogP contribution in [0, 0.1) is 6.92 Å². The van der Waals surface area contributed by atoms with Gasteiger partial charge in [-0.3, -0.25) is 10.1 Å². The van der Waals surface area contributed by atoms with Gasteiger partial charge in [0.05, 0.1) is 5.75 Å². The molecule has 0 saturated carbocycles. The van der Waals surface area contributed by atoms with Crippen LogP contribution in [-0.4, -0.2) is 43.4 Å². The molecule has 0 bridgehead atoms. The Bertz CT molecular complexity index is 986. The van der Waals surface area contributed by atoms with Gasteiger partial charge in [-0.2, -0.15) is 0 Å². The first kappa shape index (κ1) is 17.7. The quantitative estimate of drug-likeness (QED) is 0.625. The van der Waals surface area contributed by atoms with Crippen molar-refractivity contribution in [1.82, 2.24) is 25.0 Å². The van der Waals surface area contributed by atoms with E-state index in [2.05, 4.69) is 25.7 Å². The summed E-state index contributed by atoms with van der Waals surface area (Å²) in [4.78, 5) is 12.1. The van der Waals surface area contributed by atoms with Crippen molar-refractivity contribution in [3.8, 4) is 22.9 Å². The van der Waals surface area contributed by atoms with Gasteiger partial charge in [0.25, 0.3) is 0 Å². The summed E-state index contributed by atoms with van der Waals surface area (Å²) >= 11 is 2.66. The van der Waals surface area contributed by atoms with E-state index in [1.807, 2.05) is 36.6 Å². The Morgan fingerprint density at radius 1 is 1.26 bits per heavy atom. The van der Waals surface area contributed by atoms with Gasteiger partial charge in [-0.1, -0.05) is 23.1 Å². The van der Waals surface area contributed by atoms with Crippen LogP contribution in [0.4, 0.5) is 5.13 Å². The lowest BCUT2D eigenvalue weighted by atomic mass is 10.2. The lowest BCUT2D eigenvalue weighted by Gasteiger charge is -2.07. The number of nitrogens with one attached hydrogen (secondary N) is 1. The predicted octanol–water partition coefficient (Wildman–Crippen LogP) is 2.58. The van der Waals surface area contributed by atoms with Gasteiger partial charge in [-0.15, -0.1) is 20.4 Å². The highest BCUT2D eigenvalue weighted by atomic mass is 32.2. The van der Waals surface area contributed by atoms with Crippen LogP contribution in [0.3, 0.4) is 0 Å². The number of carbonyl (C=O) groups is 1. The van der Waals surface area contributed by atoms with E-state index in [4.69, 9.17) is 9.47 Å². The Morgan fingerprint density at radius 2 is 2.11 bits per heavy atom. The topological polar surface area (TPSA) is 104 Å². The summed E-state index contributed by atoms with van der Waals surface area (Å²) in [5.74, 6) is 2.18. The molecule has 0 saturated heterocycles. The fourth-order valence-corrected chi connectivity index (χ4v) is 3.97. The maximum Gasteiger partial charge on any atom is 0.236 e. The SMILES string of the molecule is CCn1c(SCC(=O)Nc2nnc(C)s2)nnc1-c1ccc2c(c1)OCO2. The van der Waals surface area contributed by atoms with E-state index in [1.54, 1.807) is 0 Å². The molecule has 1 aliphatic heterocycles. The van der Waals surface area contributed by atoms with Crippen molar-refractivity contribution in [3.05, 3.63) is 23.2 Å². The molecule has 1 amide bonds. The van der Waals surface area contributed by atoms with E-state index in [9.17, 15) is 4.79 Å². The van der Waals surface area contributed by atoms with Crippen molar-refractivity contribution in [1.29, 1.82) is 0 Å². The number of anilines is 1. The Labute approximate surface area is 163 Å². The van der Waals surface area contributed by atoms with Crippen LogP contribution in [0.15, 0.2) is 23.4 Å². The molecule has 1 aromatic carbocycles. The number of hydrogen-bond acceptors (Lipinski definition) is 9. The van der Waals surface area contributed by atoms with Crippen LogP contribution in [-0.2, 0) is 11.3 Å². The first-order valence-corrected chi connectivity index (χ1v) is 10.00. The van der Waals surface area contributed by atoms with Crippen LogP contribution in [0.5, 0.6) is 11.5 Å². The first-order chi connectivity index (χ1) is 13.1. The van der Waals surface area contributed by atoms with E-state index in [1.165, 1.54) is 23.1 Å². The second-order valence-electron chi connectivity index (χ2n) is 5.58. The minimum absolute atomic E-state index is 0.161. The third kappa shape index (κ3) is 3.74. The molecule has 3 aromatic rings. The summed E-state index contributed by atoms with van der Waals surface area (Å²) in [7, 11) is 0. The maximum absolute atomic E-state index is 12.1. The number of nitrogens with zero attached hydrogens (tertiary/aromatic N) is 5. The number of rotatable bonds is 6. The second-order valence-corrected chi connectivity index (χ2v) is 7.71. The molecule has 0 unspecified atom stereocenters. The number of amides is 1. The number of fused-ring (bicyclic) bond motifs is 1. The number of benzene rings is 1. The molecular formula is C16H16N6O3S2.